The van der Waals surface area contributed by atoms with Gasteiger partial charge in [-0.2, -0.15) is 0 Å². The van der Waals surface area contributed by atoms with Gasteiger partial charge in [0.15, 0.2) is 5.96 Å². The lowest BCUT2D eigenvalue weighted by atomic mass is 9.99. The minimum absolute atomic E-state index is 0.0187. The molecule has 2 aromatic rings. The van der Waals surface area contributed by atoms with Crippen LogP contribution < -0.4 is 33.2 Å². The fraction of sp³-hybridized carbons (Fsp3) is 0.433. The Morgan fingerprint density at radius 2 is 1.20 bits per heavy atom. The zero-order chi connectivity index (χ0) is 32.8. The van der Waals surface area contributed by atoms with E-state index in [2.05, 4.69) is 20.9 Å². The van der Waals surface area contributed by atoms with Crippen molar-refractivity contribution in [2.24, 2.45) is 28.1 Å². The summed E-state index contributed by atoms with van der Waals surface area (Å²) in [5.74, 6) is -3.35. The molecule has 14 nitrogen and oxygen atoms in total. The van der Waals surface area contributed by atoms with Gasteiger partial charge in [0.25, 0.3) is 0 Å². The third kappa shape index (κ3) is 12.6. The smallest absolute Gasteiger partial charge is 0.326 e. The Bertz CT molecular complexity index is 1280. The molecule has 0 heterocycles. The van der Waals surface area contributed by atoms with Crippen molar-refractivity contribution in [3.63, 3.8) is 0 Å². The van der Waals surface area contributed by atoms with Crippen LogP contribution in [0.3, 0.4) is 0 Å². The summed E-state index contributed by atoms with van der Waals surface area (Å²) in [5, 5.41) is 36.7. The first kappa shape index (κ1) is 35.3. The first-order valence-corrected chi connectivity index (χ1v) is 14.3. The number of aliphatic carboxylic acids is 1. The van der Waals surface area contributed by atoms with Crippen molar-refractivity contribution in [3.8, 4) is 11.5 Å². The number of benzene rings is 2. The van der Waals surface area contributed by atoms with Crippen LogP contribution in [0, 0.1) is 5.92 Å². The standard InChI is InChI=1S/C30H43N7O7/c1-17(2)14-23(27(41)37-25(29(43)44)16-19-7-11-21(39)12-8-19)36-28(42)24(15-18-5-9-20(38)10-6-18)35-26(40)22(31)4-3-13-34-30(32)33/h5-12,17,22-25,38-39H,3-4,13-16,31H2,1-2H3,(H,35,40)(H,36,42)(H,37,41)(H,43,44)(H4,32,33,34). The maximum Gasteiger partial charge on any atom is 0.326 e. The van der Waals surface area contributed by atoms with Crippen LogP contribution in [0.1, 0.15) is 44.2 Å². The predicted octanol–water partition coefficient (Wildman–Crippen LogP) is -0.151. The van der Waals surface area contributed by atoms with E-state index in [9.17, 15) is 34.5 Å². The molecule has 4 unspecified atom stereocenters. The predicted molar refractivity (Wildman–Crippen MR) is 164 cm³/mol. The Morgan fingerprint density at radius 1 is 0.750 bits per heavy atom. The van der Waals surface area contributed by atoms with Crippen molar-refractivity contribution in [2.45, 2.75) is 70.1 Å². The summed E-state index contributed by atoms with van der Waals surface area (Å²) in [6.45, 7) is 3.96. The molecular formula is C30H43N7O7. The number of carbonyl (C=O) groups is 4. The van der Waals surface area contributed by atoms with Gasteiger partial charge in [-0.1, -0.05) is 38.1 Å². The molecule has 0 fully saturated rings. The van der Waals surface area contributed by atoms with Gasteiger partial charge in [-0.25, -0.2) is 4.79 Å². The Kier molecular flexibility index (Phi) is 13.9. The van der Waals surface area contributed by atoms with Crippen LogP contribution in [0.15, 0.2) is 53.5 Å². The molecule has 12 N–H and O–H groups in total. The molecule has 0 aliphatic rings. The molecule has 3 amide bonds. The number of amides is 3. The van der Waals surface area contributed by atoms with Crippen LogP contribution in [0.4, 0.5) is 0 Å². The highest BCUT2D eigenvalue weighted by atomic mass is 16.4. The van der Waals surface area contributed by atoms with Gasteiger partial charge in [0.1, 0.15) is 29.6 Å². The second-order valence-electron chi connectivity index (χ2n) is 10.9. The lowest BCUT2D eigenvalue weighted by Gasteiger charge is -2.26. The Labute approximate surface area is 256 Å². The molecule has 2 rings (SSSR count). The van der Waals surface area contributed by atoms with Crippen molar-refractivity contribution in [3.05, 3.63) is 59.7 Å². The molecule has 44 heavy (non-hydrogen) atoms. The number of carboxylic acids is 1. The average molecular weight is 614 g/mol. The molecule has 0 saturated heterocycles. The monoisotopic (exact) mass is 613 g/mol. The van der Waals surface area contributed by atoms with Crippen LogP contribution in [-0.4, -0.2) is 75.7 Å². The summed E-state index contributed by atoms with van der Waals surface area (Å²) in [6, 6.07) is 7.46. The van der Waals surface area contributed by atoms with Gasteiger partial charge in [-0.05, 0) is 60.6 Å². The fourth-order valence-electron chi connectivity index (χ4n) is 4.32. The largest absolute Gasteiger partial charge is 0.508 e. The van der Waals surface area contributed by atoms with Gasteiger partial charge < -0.3 is 48.5 Å². The van der Waals surface area contributed by atoms with Gasteiger partial charge in [0, 0.05) is 19.4 Å². The summed E-state index contributed by atoms with van der Waals surface area (Å²) < 4.78 is 0. The minimum Gasteiger partial charge on any atom is -0.508 e. The first-order valence-electron chi connectivity index (χ1n) is 14.3. The lowest BCUT2D eigenvalue weighted by molar-refractivity contribution is -0.142. The van der Waals surface area contributed by atoms with E-state index in [1.807, 2.05) is 13.8 Å². The number of aliphatic imine (C=N–C) groups is 1. The highest BCUT2D eigenvalue weighted by Crippen LogP contribution is 2.14. The minimum atomic E-state index is -1.30. The summed E-state index contributed by atoms with van der Waals surface area (Å²) in [4.78, 5) is 55.7. The zero-order valence-electron chi connectivity index (χ0n) is 24.9. The number of rotatable bonds is 17. The van der Waals surface area contributed by atoms with Gasteiger partial charge in [-0.15, -0.1) is 0 Å². The van der Waals surface area contributed by atoms with Crippen LogP contribution in [0.25, 0.3) is 0 Å². The number of carbonyl (C=O) groups excluding carboxylic acids is 3. The van der Waals surface area contributed by atoms with Crippen LogP contribution in [0.2, 0.25) is 0 Å². The third-order valence-corrected chi connectivity index (χ3v) is 6.64. The van der Waals surface area contributed by atoms with Crippen LogP contribution in [0.5, 0.6) is 11.5 Å². The molecule has 0 bridgehead atoms. The number of aromatic hydroxyl groups is 2. The first-order chi connectivity index (χ1) is 20.7. The van der Waals surface area contributed by atoms with E-state index in [1.54, 1.807) is 24.3 Å². The number of nitrogens with two attached hydrogens (primary N) is 3. The third-order valence-electron chi connectivity index (χ3n) is 6.64. The summed E-state index contributed by atoms with van der Waals surface area (Å²) >= 11 is 0. The summed E-state index contributed by atoms with van der Waals surface area (Å²) in [7, 11) is 0. The topological polar surface area (TPSA) is 255 Å². The zero-order valence-corrected chi connectivity index (χ0v) is 24.9. The number of phenols is 2. The molecule has 0 spiro atoms. The van der Waals surface area contributed by atoms with Crippen molar-refractivity contribution < 1.29 is 34.5 Å². The van der Waals surface area contributed by atoms with E-state index in [0.29, 0.717) is 17.5 Å². The van der Waals surface area contributed by atoms with Crippen molar-refractivity contribution in [1.29, 1.82) is 0 Å². The number of nitrogens with zero attached hydrogens (tertiary/aromatic N) is 1. The highest BCUT2D eigenvalue weighted by Gasteiger charge is 2.31. The molecule has 14 heteroatoms. The van der Waals surface area contributed by atoms with E-state index < -0.39 is 47.9 Å². The molecule has 2 aromatic carbocycles. The molecule has 0 aliphatic carbocycles. The van der Waals surface area contributed by atoms with Crippen molar-refractivity contribution in [1.82, 2.24) is 16.0 Å². The normalized spacial score (nSPS) is 13.6. The number of carboxylic acid groups (broad SMARTS) is 1. The van der Waals surface area contributed by atoms with Crippen LogP contribution in [-0.2, 0) is 32.0 Å². The van der Waals surface area contributed by atoms with Crippen molar-refractivity contribution in [2.75, 3.05) is 6.54 Å². The maximum atomic E-state index is 13.6. The lowest BCUT2D eigenvalue weighted by Crippen LogP contribution is -2.58. The van der Waals surface area contributed by atoms with E-state index in [-0.39, 0.29) is 55.6 Å². The molecule has 0 aliphatic heterocycles. The second kappa shape index (κ2) is 17.3. The quantitative estimate of drug-likeness (QED) is 0.0647. The highest BCUT2D eigenvalue weighted by molar-refractivity contribution is 5.94. The van der Waals surface area contributed by atoms with E-state index >= 15 is 0 Å². The number of hydrogen-bond donors (Lipinski definition) is 9. The molecule has 0 radical (unpaired) electrons. The molecular weight excluding hydrogens is 570 g/mol. The fourth-order valence-corrected chi connectivity index (χ4v) is 4.32. The number of guanidine groups is 1. The van der Waals surface area contributed by atoms with E-state index in [1.165, 1.54) is 24.3 Å². The van der Waals surface area contributed by atoms with E-state index in [0.717, 1.165) is 0 Å². The second-order valence-corrected chi connectivity index (χ2v) is 10.9. The van der Waals surface area contributed by atoms with Gasteiger partial charge in [-0.3, -0.25) is 19.4 Å². The maximum absolute atomic E-state index is 13.6. The molecule has 0 aromatic heterocycles. The average Bonchev–Trinajstić information content (AvgIpc) is 2.95. The summed E-state index contributed by atoms with van der Waals surface area (Å²) in [5.41, 5.74) is 17.9. The van der Waals surface area contributed by atoms with E-state index in [4.69, 9.17) is 17.2 Å². The molecule has 4 atom stereocenters. The Balaban J connectivity index is 2.21. The Morgan fingerprint density at radius 3 is 1.68 bits per heavy atom. The molecule has 240 valence electrons. The number of nitrogens with one attached hydrogen (secondary N) is 3. The van der Waals surface area contributed by atoms with Gasteiger partial charge >= 0.3 is 5.97 Å². The molecule has 0 saturated carbocycles. The van der Waals surface area contributed by atoms with Gasteiger partial charge in [0.2, 0.25) is 17.7 Å². The number of phenolic OH excluding ortho intramolecular Hbond substituents is 2. The van der Waals surface area contributed by atoms with Crippen molar-refractivity contribution >= 4 is 29.7 Å². The summed E-state index contributed by atoms with van der Waals surface area (Å²) in [6.07, 6.45) is 0.823. The SMILES string of the molecule is CC(C)CC(NC(=O)C(Cc1ccc(O)cc1)NC(=O)C(N)CCCN=C(N)N)C(=O)NC(Cc1ccc(O)cc1)C(=O)O. The van der Waals surface area contributed by atoms with Gasteiger partial charge in [0.05, 0.1) is 6.04 Å². The Hall–Kier alpha value is -4.85. The number of hydrogen-bond acceptors (Lipinski definition) is 8. The van der Waals surface area contributed by atoms with Crippen LogP contribution >= 0.6 is 0 Å².